The normalized spacial score (nSPS) is 10.4. The third kappa shape index (κ3) is 2.74. The average molecular weight is 234 g/mol. The quantitative estimate of drug-likeness (QED) is 0.805. The van der Waals surface area contributed by atoms with Gasteiger partial charge in [-0.1, -0.05) is 0 Å². The molecule has 6 heteroatoms. The molecule has 1 N–H and O–H groups in total. The van der Waals surface area contributed by atoms with Crippen molar-refractivity contribution >= 4 is 11.8 Å². The molecule has 0 aliphatic carbocycles. The molecule has 0 radical (unpaired) electrons. The van der Waals surface area contributed by atoms with E-state index in [2.05, 4.69) is 19.9 Å². The number of aromatic nitrogens is 4. The zero-order chi connectivity index (χ0) is 11.4. The minimum atomic E-state index is -0.0496. The number of aliphatic hydroxyl groups excluding tert-OH is 1. The van der Waals surface area contributed by atoms with Gasteiger partial charge in [-0.05, 0) is 24.2 Å². The van der Waals surface area contributed by atoms with Crippen molar-refractivity contribution in [1.82, 2.24) is 19.9 Å². The first-order valence-corrected chi connectivity index (χ1v) is 5.48. The topological polar surface area (TPSA) is 71.8 Å². The van der Waals surface area contributed by atoms with Crippen LogP contribution in [0.1, 0.15) is 11.1 Å². The second-order valence-corrected chi connectivity index (χ2v) is 4.11. The van der Waals surface area contributed by atoms with E-state index >= 15 is 0 Å². The molecule has 0 bridgehead atoms. The molecule has 2 aromatic rings. The van der Waals surface area contributed by atoms with E-state index in [-0.39, 0.29) is 6.61 Å². The van der Waals surface area contributed by atoms with Crippen LogP contribution in [0, 0.1) is 6.92 Å². The van der Waals surface area contributed by atoms with Gasteiger partial charge in [-0.25, -0.2) is 19.9 Å². The minimum absolute atomic E-state index is 0.0496. The highest BCUT2D eigenvalue weighted by molar-refractivity contribution is 7.99. The second-order valence-electron chi connectivity index (χ2n) is 3.18. The molecule has 0 unspecified atom stereocenters. The Balaban J connectivity index is 2.11. The molecule has 0 aliphatic rings. The molecule has 0 aliphatic heterocycles. The van der Waals surface area contributed by atoms with Gasteiger partial charge < -0.3 is 5.11 Å². The molecule has 0 spiro atoms. The van der Waals surface area contributed by atoms with Crippen molar-refractivity contribution < 1.29 is 5.11 Å². The summed E-state index contributed by atoms with van der Waals surface area (Å²) in [5, 5.41) is 10.0. The van der Waals surface area contributed by atoms with Gasteiger partial charge in [-0.15, -0.1) is 0 Å². The summed E-state index contributed by atoms with van der Waals surface area (Å²) in [5.41, 5.74) is 1.70. The standard InChI is InChI=1S/C10H10N4OS/c1-7-2-11-9(12-3-7)16-10-13-4-8(6-15)5-14-10/h2-5,15H,6H2,1H3. The van der Waals surface area contributed by atoms with Crippen molar-refractivity contribution in [1.29, 1.82) is 0 Å². The Morgan fingerprint density at radius 1 is 1.00 bits per heavy atom. The fraction of sp³-hybridized carbons (Fsp3) is 0.200. The Morgan fingerprint density at radius 3 is 2.00 bits per heavy atom. The number of aryl methyl sites for hydroxylation is 1. The lowest BCUT2D eigenvalue weighted by Gasteiger charge is -1.99. The molecule has 5 nitrogen and oxygen atoms in total. The average Bonchev–Trinajstić information content (AvgIpc) is 2.33. The van der Waals surface area contributed by atoms with E-state index in [9.17, 15) is 0 Å². The predicted octanol–water partition coefficient (Wildman–Crippen LogP) is 1.22. The summed E-state index contributed by atoms with van der Waals surface area (Å²) in [6.07, 6.45) is 6.67. The lowest BCUT2D eigenvalue weighted by molar-refractivity contribution is 0.280. The number of nitrogens with zero attached hydrogens (tertiary/aromatic N) is 4. The molecule has 0 amide bonds. The third-order valence-corrected chi connectivity index (χ3v) is 2.59. The van der Waals surface area contributed by atoms with Crippen LogP contribution < -0.4 is 0 Å². The molecule has 16 heavy (non-hydrogen) atoms. The van der Waals surface area contributed by atoms with Crippen LogP contribution in [0.4, 0.5) is 0 Å². The molecule has 0 aromatic carbocycles. The van der Waals surface area contributed by atoms with Crippen molar-refractivity contribution in [2.24, 2.45) is 0 Å². The van der Waals surface area contributed by atoms with Gasteiger partial charge in [0.05, 0.1) is 6.61 Å². The van der Waals surface area contributed by atoms with E-state index in [4.69, 9.17) is 5.11 Å². The molecule has 82 valence electrons. The van der Waals surface area contributed by atoms with Crippen LogP contribution >= 0.6 is 11.8 Å². The van der Waals surface area contributed by atoms with Gasteiger partial charge in [0.25, 0.3) is 0 Å². The summed E-state index contributed by atoms with van der Waals surface area (Å²) in [4.78, 5) is 16.4. The van der Waals surface area contributed by atoms with E-state index in [0.29, 0.717) is 15.9 Å². The van der Waals surface area contributed by atoms with Gasteiger partial charge in [-0.2, -0.15) is 0 Å². The summed E-state index contributed by atoms with van der Waals surface area (Å²) >= 11 is 1.29. The van der Waals surface area contributed by atoms with E-state index in [0.717, 1.165) is 5.56 Å². The molecule has 2 aromatic heterocycles. The summed E-state index contributed by atoms with van der Waals surface area (Å²) in [6.45, 7) is 1.88. The Hall–Kier alpha value is -1.53. The van der Waals surface area contributed by atoms with E-state index < -0.39 is 0 Å². The van der Waals surface area contributed by atoms with Gasteiger partial charge >= 0.3 is 0 Å². The summed E-state index contributed by atoms with van der Waals surface area (Å²) in [7, 11) is 0. The molecular weight excluding hydrogens is 224 g/mol. The van der Waals surface area contributed by atoms with Gasteiger partial charge in [0.15, 0.2) is 10.3 Å². The minimum Gasteiger partial charge on any atom is -0.392 e. The summed E-state index contributed by atoms with van der Waals surface area (Å²) in [5.74, 6) is 0. The highest BCUT2D eigenvalue weighted by Crippen LogP contribution is 2.19. The lowest BCUT2D eigenvalue weighted by Crippen LogP contribution is -1.92. The number of rotatable bonds is 3. The van der Waals surface area contributed by atoms with Crippen molar-refractivity contribution in [2.75, 3.05) is 0 Å². The Morgan fingerprint density at radius 2 is 1.50 bits per heavy atom. The van der Waals surface area contributed by atoms with Crippen LogP contribution in [0.3, 0.4) is 0 Å². The van der Waals surface area contributed by atoms with Crippen molar-refractivity contribution in [2.45, 2.75) is 23.8 Å². The Labute approximate surface area is 97.0 Å². The number of hydrogen-bond donors (Lipinski definition) is 1. The van der Waals surface area contributed by atoms with Gasteiger partial charge in [0.1, 0.15) is 0 Å². The summed E-state index contributed by atoms with van der Waals surface area (Å²) in [6, 6.07) is 0. The first kappa shape index (κ1) is 11.0. The van der Waals surface area contributed by atoms with Gasteiger partial charge in [0, 0.05) is 30.4 Å². The maximum Gasteiger partial charge on any atom is 0.195 e. The largest absolute Gasteiger partial charge is 0.392 e. The maximum atomic E-state index is 8.84. The van der Waals surface area contributed by atoms with Crippen molar-refractivity contribution in [3.05, 3.63) is 35.9 Å². The van der Waals surface area contributed by atoms with Gasteiger partial charge in [0.2, 0.25) is 0 Å². The monoisotopic (exact) mass is 234 g/mol. The van der Waals surface area contributed by atoms with Crippen molar-refractivity contribution in [3.8, 4) is 0 Å². The first-order chi connectivity index (χ1) is 7.78. The highest BCUT2D eigenvalue weighted by atomic mass is 32.2. The van der Waals surface area contributed by atoms with Gasteiger partial charge in [-0.3, -0.25) is 0 Å². The predicted molar refractivity (Wildman–Crippen MR) is 58.8 cm³/mol. The fourth-order valence-electron chi connectivity index (χ4n) is 0.992. The number of aliphatic hydroxyl groups is 1. The Kier molecular flexibility index (Phi) is 3.43. The van der Waals surface area contributed by atoms with Crippen LogP contribution in [0.5, 0.6) is 0 Å². The third-order valence-electron chi connectivity index (χ3n) is 1.80. The molecule has 0 saturated heterocycles. The van der Waals surface area contributed by atoms with E-state index in [1.54, 1.807) is 24.8 Å². The Bertz CT molecular complexity index is 457. The smallest absolute Gasteiger partial charge is 0.195 e. The lowest BCUT2D eigenvalue weighted by atomic mass is 10.4. The molecule has 2 heterocycles. The molecular formula is C10H10N4OS. The molecule has 0 atom stereocenters. The van der Waals surface area contributed by atoms with Crippen LogP contribution in [0.25, 0.3) is 0 Å². The maximum absolute atomic E-state index is 8.84. The zero-order valence-corrected chi connectivity index (χ0v) is 9.48. The molecule has 0 fully saturated rings. The molecule has 2 rings (SSSR count). The first-order valence-electron chi connectivity index (χ1n) is 4.66. The van der Waals surface area contributed by atoms with Crippen LogP contribution in [0.2, 0.25) is 0 Å². The second kappa shape index (κ2) is 5.00. The van der Waals surface area contributed by atoms with Crippen LogP contribution in [-0.2, 0) is 6.61 Å². The van der Waals surface area contributed by atoms with E-state index in [1.165, 1.54) is 11.8 Å². The van der Waals surface area contributed by atoms with Crippen LogP contribution in [-0.4, -0.2) is 25.0 Å². The summed E-state index contributed by atoms with van der Waals surface area (Å²) < 4.78 is 0. The van der Waals surface area contributed by atoms with Crippen LogP contribution in [0.15, 0.2) is 35.1 Å². The number of hydrogen-bond acceptors (Lipinski definition) is 6. The zero-order valence-electron chi connectivity index (χ0n) is 8.66. The highest BCUT2D eigenvalue weighted by Gasteiger charge is 2.02. The molecule has 0 saturated carbocycles. The SMILES string of the molecule is Cc1cnc(Sc2ncc(CO)cn2)nc1. The van der Waals surface area contributed by atoms with Crippen molar-refractivity contribution in [3.63, 3.8) is 0 Å². The fourth-order valence-corrected chi connectivity index (χ4v) is 1.58. The van der Waals surface area contributed by atoms with E-state index in [1.807, 2.05) is 6.92 Å².